The Labute approximate surface area is 138 Å². The molecular weight excluding hydrogens is 276 g/mol. The summed E-state index contributed by atoms with van der Waals surface area (Å²) < 4.78 is 0. The number of rotatable bonds is 4. The number of benzene rings is 3. The van der Waals surface area contributed by atoms with E-state index in [1.165, 1.54) is 52.3 Å². The van der Waals surface area contributed by atoms with E-state index < -0.39 is 0 Å². The molecule has 0 spiro atoms. The summed E-state index contributed by atoms with van der Waals surface area (Å²) >= 11 is 0. The first kappa shape index (κ1) is 14.3. The Hall–Kier alpha value is -2.34. The van der Waals surface area contributed by atoms with Crippen molar-refractivity contribution in [1.29, 1.82) is 0 Å². The van der Waals surface area contributed by atoms with Crippen molar-refractivity contribution in [3.05, 3.63) is 77.9 Å². The normalized spacial score (nSPS) is 16.0. The van der Waals surface area contributed by atoms with Crippen molar-refractivity contribution >= 4 is 16.8 Å². The third kappa shape index (κ3) is 2.59. The van der Waals surface area contributed by atoms with E-state index in [-0.39, 0.29) is 0 Å². The third-order valence-corrected chi connectivity index (χ3v) is 4.96. The number of hydrogen-bond acceptors (Lipinski definition) is 0. The number of allylic oxidation sites excluding steroid dienone is 1. The van der Waals surface area contributed by atoms with Crippen LogP contribution in [-0.4, -0.2) is 0 Å². The van der Waals surface area contributed by atoms with Crippen molar-refractivity contribution < 1.29 is 0 Å². The molecule has 0 fully saturated rings. The van der Waals surface area contributed by atoms with Crippen LogP contribution in [0, 0.1) is 0 Å². The Bertz CT molecular complexity index is 870. The summed E-state index contributed by atoms with van der Waals surface area (Å²) in [6, 6.07) is 22.2. The molecule has 23 heavy (non-hydrogen) atoms. The van der Waals surface area contributed by atoms with Crippen molar-refractivity contribution in [2.45, 2.75) is 32.1 Å². The molecular formula is C23H22. The Balaban J connectivity index is 1.77. The first-order chi connectivity index (χ1) is 11.4. The van der Waals surface area contributed by atoms with Crippen LogP contribution >= 0.6 is 0 Å². The first-order valence-corrected chi connectivity index (χ1v) is 8.67. The molecule has 1 unspecified atom stereocenters. The zero-order valence-corrected chi connectivity index (χ0v) is 13.6. The summed E-state index contributed by atoms with van der Waals surface area (Å²) in [7, 11) is 0. The third-order valence-electron chi connectivity index (χ3n) is 4.96. The van der Waals surface area contributed by atoms with Crippen molar-refractivity contribution in [2.24, 2.45) is 0 Å². The van der Waals surface area contributed by atoms with Gasteiger partial charge in [-0.1, -0.05) is 86.5 Å². The maximum atomic E-state index is 2.39. The molecule has 1 aliphatic rings. The Kier molecular flexibility index (Phi) is 3.75. The molecule has 0 aromatic heterocycles. The highest BCUT2D eigenvalue weighted by molar-refractivity contribution is 5.89. The standard InChI is InChI=1S/C23H22/c1-2-3-7-18-14-15-23-21(18)10-6-11-22(23)20-13-12-17-8-4-5-9-19(17)16-20/h4-6,8-16,18H,2-3,7H2,1H3. The van der Waals surface area contributed by atoms with Crippen molar-refractivity contribution in [1.82, 2.24) is 0 Å². The summed E-state index contributed by atoms with van der Waals surface area (Å²) in [4.78, 5) is 0. The van der Waals surface area contributed by atoms with Crippen LogP contribution in [0.25, 0.3) is 28.0 Å². The fourth-order valence-electron chi connectivity index (χ4n) is 3.69. The Morgan fingerprint density at radius 3 is 2.61 bits per heavy atom. The lowest BCUT2D eigenvalue weighted by molar-refractivity contribution is 0.669. The maximum Gasteiger partial charge on any atom is 0.00274 e. The van der Waals surface area contributed by atoms with Crippen LogP contribution in [0.3, 0.4) is 0 Å². The largest absolute Gasteiger partial charge is 0.0764 e. The number of unbranched alkanes of at least 4 members (excludes halogenated alkanes) is 1. The van der Waals surface area contributed by atoms with Gasteiger partial charge in [-0.15, -0.1) is 0 Å². The molecule has 1 aliphatic carbocycles. The quantitative estimate of drug-likeness (QED) is 0.496. The fraction of sp³-hybridized carbons (Fsp3) is 0.217. The van der Waals surface area contributed by atoms with E-state index in [0.717, 1.165) is 0 Å². The zero-order chi connectivity index (χ0) is 15.6. The minimum Gasteiger partial charge on any atom is -0.0764 e. The van der Waals surface area contributed by atoms with E-state index in [1.807, 2.05) is 0 Å². The Morgan fingerprint density at radius 1 is 0.870 bits per heavy atom. The smallest absolute Gasteiger partial charge is 0.00274 e. The van der Waals surface area contributed by atoms with Gasteiger partial charge in [-0.3, -0.25) is 0 Å². The summed E-state index contributed by atoms with van der Waals surface area (Å²) in [6.45, 7) is 2.27. The number of fused-ring (bicyclic) bond motifs is 2. The molecule has 0 heterocycles. The van der Waals surface area contributed by atoms with E-state index >= 15 is 0 Å². The van der Waals surface area contributed by atoms with Crippen LogP contribution in [0.2, 0.25) is 0 Å². The van der Waals surface area contributed by atoms with Crippen LogP contribution in [-0.2, 0) is 0 Å². The van der Waals surface area contributed by atoms with Gasteiger partial charge in [0, 0.05) is 5.92 Å². The molecule has 0 N–H and O–H groups in total. The van der Waals surface area contributed by atoms with E-state index in [0.29, 0.717) is 5.92 Å². The second-order valence-electron chi connectivity index (χ2n) is 6.48. The summed E-state index contributed by atoms with van der Waals surface area (Å²) in [5.41, 5.74) is 5.61. The topological polar surface area (TPSA) is 0 Å². The average molecular weight is 298 g/mol. The molecule has 3 aromatic carbocycles. The van der Waals surface area contributed by atoms with E-state index in [4.69, 9.17) is 0 Å². The van der Waals surface area contributed by atoms with E-state index in [1.54, 1.807) is 0 Å². The highest BCUT2D eigenvalue weighted by Crippen LogP contribution is 2.39. The SMILES string of the molecule is CCCCC1C=Cc2c(-c3ccc4ccccc4c3)cccc21. The van der Waals surface area contributed by atoms with Gasteiger partial charge in [0.15, 0.2) is 0 Å². The van der Waals surface area contributed by atoms with Gasteiger partial charge in [0.25, 0.3) is 0 Å². The average Bonchev–Trinajstić information content (AvgIpc) is 3.02. The van der Waals surface area contributed by atoms with Gasteiger partial charge in [-0.2, -0.15) is 0 Å². The molecule has 4 rings (SSSR count). The van der Waals surface area contributed by atoms with Crippen LogP contribution < -0.4 is 0 Å². The van der Waals surface area contributed by atoms with Gasteiger partial charge in [0.05, 0.1) is 0 Å². The van der Waals surface area contributed by atoms with Gasteiger partial charge >= 0.3 is 0 Å². The molecule has 0 nitrogen and oxygen atoms in total. The summed E-state index contributed by atoms with van der Waals surface area (Å²) in [5, 5.41) is 2.62. The zero-order valence-electron chi connectivity index (χ0n) is 13.6. The van der Waals surface area contributed by atoms with Gasteiger partial charge in [-0.05, 0) is 45.5 Å². The minimum absolute atomic E-state index is 0.602. The molecule has 0 saturated carbocycles. The summed E-state index contributed by atoms with van der Waals surface area (Å²) in [6.07, 6.45) is 8.56. The monoisotopic (exact) mass is 298 g/mol. The molecule has 0 radical (unpaired) electrons. The van der Waals surface area contributed by atoms with Gasteiger partial charge < -0.3 is 0 Å². The summed E-state index contributed by atoms with van der Waals surface area (Å²) in [5.74, 6) is 0.602. The van der Waals surface area contributed by atoms with Gasteiger partial charge in [0.2, 0.25) is 0 Å². The van der Waals surface area contributed by atoms with E-state index in [9.17, 15) is 0 Å². The molecule has 0 aliphatic heterocycles. The molecule has 1 atom stereocenters. The van der Waals surface area contributed by atoms with E-state index in [2.05, 4.69) is 79.7 Å². The van der Waals surface area contributed by atoms with Crippen LogP contribution in [0.15, 0.2) is 66.7 Å². The molecule has 0 bridgehead atoms. The van der Waals surface area contributed by atoms with Gasteiger partial charge in [-0.25, -0.2) is 0 Å². The highest BCUT2D eigenvalue weighted by atomic mass is 14.2. The lowest BCUT2D eigenvalue weighted by Crippen LogP contribution is -1.94. The molecule has 114 valence electrons. The fourth-order valence-corrected chi connectivity index (χ4v) is 3.69. The van der Waals surface area contributed by atoms with Crippen LogP contribution in [0.5, 0.6) is 0 Å². The van der Waals surface area contributed by atoms with Crippen LogP contribution in [0.1, 0.15) is 43.2 Å². The predicted molar refractivity (Wildman–Crippen MR) is 101 cm³/mol. The van der Waals surface area contributed by atoms with Crippen molar-refractivity contribution in [2.75, 3.05) is 0 Å². The van der Waals surface area contributed by atoms with Crippen molar-refractivity contribution in [3.63, 3.8) is 0 Å². The Morgan fingerprint density at radius 2 is 1.74 bits per heavy atom. The lowest BCUT2D eigenvalue weighted by Gasteiger charge is -2.13. The lowest BCUT2D eigenvalue weighted by atomic mass is 9.91. The first-order valence-electron chi connectivity index (χ1n) is 8.67. The van der Waals surface area contributed by atoms with Crippen molar-refractivity contribution in [3.8, 4) is 11.1 Å². The molecule has 0 heteroatoms. The molecule has 0 saturated heterocycles. The number of hydrogen-bond donors (Lipinski definition) is 0. The predicted octanol–water partition coefficient (Wildman–Crippen LogP) is 6.81. The molecule has 0 amide bonds. The minimum atomic E-state index is 0.602. The van der Waals surface area contributed by atoms with Gasteiger partial charge in [0.1, 0.15) is 0 Å². The maximum absolute atomic E-state index is 2.39. The second kappa shape index (κ2) is 6.04. The molecule has 3 aromatic rings. The highest BCUT2D eigenvalue weighted by Gasteiger charge is 2.19. The van der Waals surface area contributed by atoms with Crippen LogP contribution in [0.4, 0.5) is 0 Å². The second-order valence-corrected chi connectivity index (χ2v) is 6.48.